The highest BCUT2D eigenvalue weighted by molar-refractivity contribution is 6.00. The number of halogens is 2. The summed E-state index contributed by atoms with van der Waals surface area (Å²) in [5.41, 5.74) is 10.2. The van der Waals surface area contributed by atoms with Gasteiger partial charge in [0.25, 0.3) is 11.8 Å². The summed E-state index contributed by atoms with van der Waals surface area (Å²) < 4.78 is 38.5. The lowest BCUT2D eigenvalue weighted by Gasteiger charge is -2.29. The monoisotopic (exact) mass is 482 g/mol. The van der Waals surface area contributed by atoms with Crippen molar-refractivity contribution in [1.29, 1.82) is 0 Å². The summed E-state index contributed by atoms with van der Waals surface area (Å²) in [7, 11) is 0. The standard InChI is InChI=1S/C25H28F2N6O2/c1-4-35-24-21(33-9-11-34-12-10-33)15-20(31-32-24)19-13-17(6-5-16(19)2)23(28)30-18-7-8-29-22(14-18)25(3,26)27/h5-8,13-15H,4,9-12H2,1-3H3,(H2,28,29,30). The fourth-order valence-electron chi connectivity index (χ4n) is 3.76. The molecular formula is C25H28F2N6O2. The van der Waals surface area contributed by atoms with E-state index in [1.165, 1.54) is 18.3 Å². The molecule has 0 bridgehead atoms. The lowest BCUT2D eigenvalue weighted by Crippen LogP contribution is -2.36. The van der Waals surface area contributed by atoms with Gasteiger partial charge in [-0.2, -0.15) is 8.78 Å². The van der Waals surface area contributed by atoms with Crippen LogP contribution in [0.5, 0.6) is 5.88 Å². The van der Waals surface area contributed by atoms with Crippen LogP contribution in [0, 0.1) is 6.92 Å². The van der Waals surface area contributed by atoms with Gasteiger partial charge in [-0.3, -0.25) is 4.98 Å². The van der Waals surface area contributed by atoms with Crippen LogP contribution >= 0.6 is 0 Å². The van der Waals surface area contributed by atoms with Crippen molar-refractivity contribution >= 4 is 17.2 Å². The predicted molar refractivity (Wildman–Crippen MR) is 131 cm³/mol. The van der Waals surface area contributed by atoms with Gasteiger partial charge in [-0.15, -0.1) is 10.2 Å². The van der Waals surface area contributed by atoms with Crippen molar-refractivity contribution in [2.24, 2.45) is 10.7 Å². The Morgan fingerprint density at radius 2 is 1.94 bits per heavy atom. The van der Waals surface area contributed by atoms with Crippen LogP contribution < -0.4 is 15.4 Å². The maximum Gasteiger partial charge on any atom is 0.287 e. The number of ether oxygens (including phenoxy) is 2. The topological polar surface area (TPSA) is 98.8 Å². The first-order chi connectivity index (χ1) is 16.8. The largest absolute Gasteiger partial charge is 0.475 e. The molecule has 8 nitrogen and oxygen atoms in total. The second-order valence-corrected chi connectivity index (χ2v) is 8.27. The summed E-state index contributed by atoms with van der Waals surface area (Å²) in [6, 6.07) is 10.3. The number of nitrogens with two attached hydrogens (primary N) is 1. The molecular weight excluding hydrogens is 454 g/mol. The summed E-state index contributed by atoms with van der Waals surface area (Å²) in [4.78, 5) is 10.2. The van der Waals surface area contributed by atoms with E-state index in [0.29, 0.717) is 42.6 Å². The van der Waals surface area contributed by atoms with Crippen molar-refractivity contribution in [2.45, 2.75) is 26.7 Å². The average Bonchev–Trinajstić information content (AvgIpc) is 2.85. The molecule has 0 atom stereocenters. The minimum atomic E-state index is -3.07. The van der Waals surface area contributed by atoms with Gasteiger partial charge in [0.15, 0.2) is 0 Å². The number of pyridine rings is 1. The fraction of sp³-hybridized carbons (Fsp3) is 0.360. The molecule has 1 aliphatic rings. The molecule has 0 radical (unpaired) electrons. The lowest BCUT2D eigenvalue weighted by atomic mass is 10.0. The minimum Gasteiger partial charge on any atom is -0.475 e. The van der Waals surface area contributed by atoms with Crippen LogP contribution in [0.3, 0.4) is 0 Å². The van der Waals surface area contributed by atoms with Crippen molar-refractivity contribution in [1.82, 2.24) is 15.2 Å². The average molecular weight is 483 g/mol. The van der Waals surface area contributed by atoms with Crippen LogP contribution in [0.25, 0.3) is 11.3 Å². The molecule has 0 spiro atoms. The van der Waals surface area contributed by atoms with Gasteiger partial charge in [-0.05, 0) is 43.7 Å². The molecule has 3 heterocycles. The van der Waals surface area contributed by atoms with Crippen LogP contribution in [-0.2, 0) is 10.7 Å². The van der Waals surface area contributed by atoms with Gasteiger partial charge < -0.3 is 20.1 Å². The number of aromatic nitrogens is 3. The van der Waals surface area contributed by atoms with Crippen LogP contribution in [-0.4, -0.2) is 53.9 Å². The number of anilines is 1. The normalized spacial score (nSPS) is 14.8. The number of nitrogens with zero attached hydrogens (tertiary/aromatic N) is 5. The predicted octanol–water partition coefficient (Wildman–Crippen LogP) is 4.23. The number of alkyl halides is 2. The number of morpholine rings is 1. The number of benzene rings is 1. The zero-order valence-corrected chi connectivity index (χ0v) is 20.0. The van der Waals surface area contributed by atoms with E-state index in [1.807, 2.05) is 38.1 Å². The molecule has 0 saturated carbocycles. The summed E-state index contributed by atoms with van der Waals surface area (Å²) in [5.74, 6) is -2.40. The van der Waals surface area contributed by atoms with Crippen molar-refractivity contribution in [2.75, 3.05) is 37.8 Å². The zero-order chi connectivity index (χ0) is 25.0. The second-order valence-electron chi connectivity index (χ2n) is 8.27. The van der Waals surface area contributed by atoms with Gasteiger partial charge in [0, 0.05) is 37.3 Å². The Hall–Kier alpha value is -3.66. The highest BCUT2D eigenvalue weighted by Crippen LogP contribution is 2.32. The number of aliphatic imine (C=N–C) groups is 1. The lowest BCUT2D eigenvalue weighted by molar-refractivity contribution is 0.0128. The van der Waals surface area contributed by atoms with Crippen LogP contribution in [0.15, 0.2) is 47.6 Å². The molecule has 1 aromatic carbocycles. The van der Waals surface area contributed by atoms with E-state index < -0.39 is 5.92 Å². The van der Waals surface area contributed by atoms with E-state index in [4.69, 9.17) is 15.2 Å². The van der Waals surface area contributed by atoms with E-state index in [0.717, 1.165) is 36.8 Å². The first-order valence-electron chi connectivity index (χ1n) is 11.4. The Morgan fingerprint density at radius 1 is 1.17 bits per heavy atom. The van der Waals surface area contributed by atoms with E-state index in [2.05, 4.69) is 25.1 Å². The molecule has 35 heavy (non-hydrogen) atoms. The number of aryl methyl sites for hydroxylation is 1. The van der Waals surface area contributed by atoms with Gasteiger partial charge in [-0.25, -0.2) is 4.99 Å². The third kappa shape index (κ3) is 5.71. The maximum atomic E-state index is 13.6. The van der Waals surface area contributed by atoms with Crippen LogP contribution in [0.4, 0.5) is 20.2 Å². The molecule has 3 aromatic rings. The molecule has 2 N–H and O–H groups in total. The summed E-state index contributed by atoms with van der Waals surface area (Å²) in [6.07, 6.45) is 1.29. The quantitative estimate of drug-likeness (QED) is 0.397. The third-order valence-electron chi connectivity index (χ3n) is 5.63. The fourth-order valence-corrected chi connectivity index (χ4v) is 3.76. The molecule has 1 saturated heterocycles. The molecule has 1 fully saturated rings. The van der Waals surface area contributed by atoms with Crippen molar-refractivity contribution in [3.8, 4) is 17.1 Å². The van der Waals surface area contributed by atoms with Crippen molar-refractivity contribution < 1.29 is 18.3 Å². The SMILES string of the molecule is CCOc1nnc(-c2cc(C(N)=Nc3ccnc(C(C)(F)F)c3)ccc2C)cc1N1CCOCC1. The first kappa shape index (κ1) is 24.5. The van der Waals surface area contributed by atoms with Gasteiger partial charge in [0.2, 0.25) is 0 Å². The molecule has 0 aliphatic carbocycles. The zero-order valence-electron chi connectivity index (χ0n) is 20.0. The number of hydrogen-bond donors (Lipinski definition) is 1. The van der Waals surface area contributed by atoms with Crippen molar-refractivity contribution in [3.63, 3.8) is 0 Å². The Labute approximate surface area is 202 Å². The Kier molecular flexibility index (Phi) is 7.20. The maximum absolute atomic E-state index is 13.6. The molecule has 2 aromatic heterocycles. The highest BCUT2D eigenvalue weighted by Gasteiger charge is 2.26. The van der Waals surface area contributed by atoms with E-state index in [9.17, 15) is 8.78 Å². The van der Waals surface area contributed by atoms with Crippen LogP contribution in [0.2, 0.25) is 0 Å². The Morgan fingerprint density at radius 3 is 2.66 bits per heavy atom. The minimum absolute atomic E-state index is 0.190. The summed E-state index contributed by atoms with van der Waals surface area (Å²) >= 11 is 0. The van der Waals surface area contributed by atoms with Gasteiger partial charge in [0.1, 0.15) is 17.2 Å². The van der Waals surface area contributed by atoms with Gasteiger partial charge >= 0.3 is 0 Å². The molecule has 10 heteroatoms. The van der Waals surface area contributed by atoms with E-state index in [-0.39, 0.29) is 11.5 Å². The molecule has 4 rings (SSSR count). The van der Waals surface area contributed by atoms with E-state index >= 15 is 0 Å². The van der Waals surface area contributed by atoms with Gasteiger partial charge in [0.05, 0.1) is 31.2 Å². The highest BCUT2D eigenvalue weighted by atomic mass is 19.3. The molecule has 1 aliphatic heterocycles. The van der Waals surface area contributed by atoms with E-state index in [1.54, 1.807) is 0 Å². The van der Waals surface area contributed by atoms with Gasteiger partial charge in [-0.1, -0.05) is 12.1 Å². The number of hydrogen-bond acceptors (Lipinski definition) is 7. The molecule has 0 unspecified atom stereocenters. The Balaban J connectivity index is 1.70. The second kappa shape index (κ2) is 10.3. The number of amidine groups is 1. The summed E-state index contributed by atoms with van der Waals surface area (Å²) in [6.45, 7) is 7.87. The van der Waals surface area contributed by atoms with Crippen molar-refractivity contribution in [3.05, 3.63) is 59.4 Å². The van der Waals surface area contributed by atoms with Crippen LogP contribution in [0.1, 0.15) is 30.7 Å². The smallest absolute Gasteiger partial charge is 0.287 e. The molecule has 0 amide bonds. The Bertz CT molecular complexity index is 1220. The third-order valence-corrected chi connectivity index (χ3v) is 5.63. The number of rotatable bonds is 7. The molecule has 184 valence electrons. The first-order valence-corrected chi connectivity index (χ1v) is 11.4. The summed E-state index contributed by atoms with van der Waals surface area (Å²) in [5, 5.41) is 8.74.